The molecular weight excluding hydrogens is 356 g/mol. The van der Waals surface area contributed by atoms with Gasteiger partial charge in [0.25, 0.3) is 5.91 Å². The van der Waals surface area contributed by atoms with E-state index in [1.807, 2.05) is 42.5 Å². The summed E-state index contributed by atoms with van der Waals surface area (Å²) in [6.45, 7) is 0. The Morgan fingerprint density at radius 2 is 1.57 bits per heavy atom. The van der Waals surface area contributed by atoms with Crippen LogP contribution in [-0.4, -0.2) is 19.0 Å². The number of nitrogens with two attached hydrogens (primary N) is 1. The Labute approximate surface area is 162 Å². The number of carbonyl (C=O) groups excluding carboxylic acids is 2. The van der Waals surface area contributed by atoms with Gasteiger partial charge < -0.3 is 15.4 Å². The maximum atomic E-state index is 12.3. The average Bonchev–Trinajstić information content (AvgIpc) is 2.74. The van der Waals surface area contributed by atoms with Gasteiger partial charge in [0.15, 0.2) is 0 Å². The summed E-state index contributed by atoms with van der Waals surface area (Å²) < 4.78 is 5.41. The van der Waals surface area contributed by atoms with E-state index in [0.717, 1.165) is 11.1 Å². The van der Waals surface area contributed by atoms with E-state index in [-0.39, 0.29) is 0 Å². The van der Waals surface area contributed by atoms with Gasteiger partial charge in [-0.2, -0.15) is 0 Å². The first-order chi connectivity index (χ1) is 13.6. The highest BCUT2D eigenvalue weighted by Gasteiger charge is 2.10. The number of benzene rings is 3. The van der Waals surface area contributed by atoms with Crippen molar-refractivity contribution in [1.29, 1.82) is 0 Å². The fourth-order valence-electron chi connectivity index (χ4n) is 2.68. The van der Waals surface area contributed by atoms with Crippen molar-refractivity contribution in [3.63, 3.8) is 0 Å². The Morgan fingerprint density at radius 1 is 0.857 bits per heavy atom. The van der Waals surface area contributed by atoms with Gasteiger partial charge in [0, 0.05) is 11.3 Å². The van der Waals surface area contributed by atoms with Crippen molar-refractivity contribution in [3.8, 4) is 16.9 Å². The summed E-state index contributed by atoms with van der Waals surface area (Å²) in [7, 11) is 1.55. The molecule has 0 aliphatic carbocycles. The van der Waals surface area contributed by atoms with Crippen LogP contribution in [0.25, 0.3) is 11.1 Å². The number of rotatable bonds is 5. The summed E-state index contributed by atoms with van der Waals surface area (Å²) in [6, 6.07) is 21.4. The predicted molar refractivity (Wildman–Crippen MR) is 109 cm³/mol. The molecule has 3 amide bonds. The molecule has 0 aliphatic rings. The molecule has 0 unspecified atom stereocenters. The van der Waals surface area contributed by atoms with Crippen LogP contribution >= 0.6 is 0 Å². The third kappa shape index (κ3) is 4.46. The first-order valence-corrected chi connectivity index (χ1v) is 8.53. The number of urea groups is 1. The van der Waals surface area contributed by atoms with Gasteiger partial charge in [0.2, 0.25) is 0 Å². The summed E-state index contributed by atoms with van der Waals surface area (Å²) in [5, 5.41) is 5.47. The number of anilines is 2. The summed E-state index contributed by atoms with van der Waals surface area (Å²) in [6.07, 6.45) is 0. The van der Waals surface area contributed by atoms with Crippen molar-refractivity contribution in [2.24, 2.45) is 5.84 Å². The molecule has 0 bridgehead atoms. The zero-order valence-corrected chi connectivity index (χ0v) is 15.2. The number of hydrogen-bond acceptors (Lipinski definition) is 4. The van der Waals surface area contributed by atoms with Crippen LogP contribution in [0.3, 0.4) is 0 Å². The van der Waals surface area contributed by atoms with Gasteiger partial charge in [-0.15, -0.1) is 0 Å². The maximum Gasteiger partial charge on any atom is 0.323 e. The molecule has 0 aliphatic heterocycles. The lowest BCUT2D eigenvalue weighted by atomic mass is 10.0. The van der Waals surface area contributed by atoms with Gasteiger partial charge in [-0.25, -0.2) is 10.6 Å². The van der Waals surface area contributed by atoms with Gasteiger partial charge in [-0.1, -0.05) is 36.4 Å². The number of methoxy groups -OCH3 is 1. The molecule has 3 aromatic rings. The predicted octanol–water partition coefficient (Wildman–Crippen LogP) is 3.61. The van der Waals surface area contributed by atoms with E-state index in [1.165, 1.54) is 0 Å². The van der Waals surface area contributed by atoms with Crippen LogP contribution in [0, 0.1) is 0 Å². The molecule has 142 valence electrons. The molecule has 0 aromatic heterocycles. The first-order valence-electron chi connectivity index (χ1n) is 8.53. The molecule has 0 saturated carbocycles. The minimum Gasteiger partial charge on any atom is -0.495 e. The second kappa shape index (κ2) is 8.70. The standard InChI is InChI=1S/C21H20N4O3/c1-28-19-13-16(14-5-3-2-4-6-14)9-12-18(19)24-21(27)23-17-10-7-15(8-11-17)20(26)25-22/h2-13H,22H2,1H3,(H,25,26)(H2,23,24,27). The lowest BCUT2D eigenvalue weighted by molar-refractivity contribution is 0.0953. The van der Waals surface area contributed by atoms with Crippen molar-refractivity contribution in [3.05, 3.63) is 78.4 Å². The van der Waals surface area contributed by atoms with Gasteiger partial charge in [-0.3, -0.25) is 10.2 Å². The van der Waals surface area contributed by atoms with Crippen LogP contribution in [0.5, 0.6) is 5.75 Å². The van der Waals surface area contributed by atoms with E-state index < -0.39 is 11.9 Å². The van der Waals surface area contributed by atoms with Crippen molar-refractivity contribution in [2.75, 3.05) is 17.7 Å². The minimum absolute atomic E-state index is 0.395. The van der Waals surface area contributed by atoms with Gasteiger partial charge in [0.05, 0.1) is 12.8 Å². The van der Waals surface area contributed by atoms with E-state index in [2.05, 4.69) is 16.1 Å². The fourth-order valence-corrected chi connectivity index (χ4v) is 2.68. The summed E-state index contributed by atoms with van der Waals surface area (Å²) >= 11 is 0. The highest BCUT2D eigenvalue weighted by molar-refractivity contribution is 6.01. The molecule has 3 aromatic carbocycles. The number of nitrogen functional groups attached to an aromatic ring is 1. The minimum atomic E-state index is -0.429. The molecule has 28 heavy (non-hydrogen) atoms. The largest absolute Gasteiger partial charge is 0.495 e. The molecule has 0 radical (unpaired) electrons. The highest BCUT2D eigenvalue weighted by atomic mass is 16.5. The van der Waals surface area contributed by atoms with E-state index >= 15 is 0 Å². The van der Waals surface area contributed by atoms with Crippen LogP contribution in [0.4, 0.5) is 16.2 Å². The zero-order chi connectivity index (χ0) is 19.9. The van der Waals surface area contributed by atoms with E-state index in [9.17, 15) is 9.59 Å². The van der Waals surface area contributed by atoms with E-state index in [1.54, 1.807) is 37.4 Å². The summed E-state index contributed by atoms with van der Waals surface area (Å²) in [5.41, 5.74) is 5.56. The van der Waals surface area contributed by atoms with E-state index in [0.29, 0.717) is 22.7 Å². The highest BCUT2D eigenvalue weighted by Crippen LogP contribution is 2.30. The van der Waals surface area contributed by atoms with E-state index in [4.69, 9.17) is 10.6 Å². The Kier molecular flexibility index (Phi) is 5.88. The molecule has 0 fully saturated rings. The zero-order valence-electron chi connectivity index (χ0n) is 15.2. The molecule has 3 rings (SSSR count). The van der Waals surface area contributed by atoms with Crippen LogP contribution in [0.2, 0.25) is 0 Å². The van der Waals surface area contributed by atoms with Gasteiger partial charge in [0.1, 0.15) is 5.75 Å². The number of nitrogens with one attached hydrogen (secondary N) is 3. The van der Waals surface area contributed by atoms with Crippen LogP contribution < -0.4 is 26.6 Å². The van der Waals surface area contributed by atoms with Crippen molar-refractivity contribution >= 4 is 23.3 Å². The van der Waals surface area contributed by atoms with Crippen molar-refractivity contribution in [2.45, 2.75) is 0 Å². The van der Waals surface area contributed by atoms with Gasteiger partial charge >= 0.3 is 6.03 Å². The molecule has 5 N–H and O–H groups in total. The summed E-state index contributed by atoms with van der Waals surface area (Å²) in [5.74, 6) is 5.24. The number of hydrogen-bond donors (Lipinski definition) is 4. The Bertz CT molecular complexity index is 973. The molecule has 0 heterocycles. The monoisotopic (exact) mass is 376 g/mol. The van der Waals surface area contributed by atoms with Gasteiger partial charge in [-0.05, 0) is 47.5 Å². The lowest BCUT2D eigenvalue weighted by Gasteiger charge is -2.13. The maximum absolute atomic E-state index is 12.3. The summed E-state index contributed by atoms with van der Waals surface area (Å²) in [4.78, 5) is 23.7. The average molecular weight is 376 g/mol. The normalized spacial score (nSPS) is 10.1. The molecule has 7 heteroatoms. The molecule has 7 nitrogen and oxygen atoms in total. The topological polar surface area (TPSA) is 105 Å². The van der Waals surface area contributed by atoms with Crippen LogP contribution in [0.1, 0.15) is 10.4 Å². The van der Waals surface area contributed by atoms with Crippen LogP contribution in [-0.2, 0) is 0 Å². The Morgan fingerprint density at radius 3 is 2.21 bits per heavy atom. The first kappa shape index (κ1) is 18.9. The Hall–Kier alpha value is -3.84. The second-order valence-corrected chi connectivity index (χ2v) is 5.91. The molecule has 0 spiro atoms. The number of hydrazine groups is 1. The van der Waals surface area contributed by atoms with Crippen molar-refractivity contribution < 1.29 is 14.3 Å². The Balaban J connectivity index is 1.70. The molecule has 0 atom stereocenters. The van der Waals surface area contributed by atoms with Crippen molar-refractivity contribution in [1.82, 2.24) is 5.43 Å². The second-order valence-electron chi connectivity index (χ2n) is 5.91. The smallest absolute Gasteiger partial charge is 0.323 e. The number of ether oxygens (including phenoxy) is 1. The molecule has 0 saturated heterocycles. The number of amides is 3. The number of carbonyl (C=O) groups is 2. The molecular formula is C21H20N4O3. The van der Waals surface area contributed by atoms with Crippen LogP contribution in [0.15, 0.2) is 72.8 Å². The fraction of sp³-hybridized carbons (Fsp3) is 0.0476. The third-order valence-corrected chi connectivity index (χ3v) is 4.09. The SMILES string of the molecule is COc1cc(-c2ccccc2)ccc1NC(=O)Nc1ccc(C(=O)NN)cc1. The quantitative estimate of drug-likeness (QED) is 0.310. The lowest BCUT2D eigenvalue weighted by Crippen LogP contribution is -2.29. The third-order valence-electron chi connectivity index (χ3n) is 4.09.